The Morgan fingerprint density at radius 2 is 1.65 bits per heavy atom. The highest BCUT2D eigenvalue weighted by Crippen LogP contribution is 2.48. The number of anilines is 1. The van der Waals surface area contributed by atoms with Crippen molar-refractivity contribution in [3.05, 3.63) is 89.5 Å². The summed E-state index contributed by atoms with van der Waals surface area (Å²) in [7, 11) is 0. The Labute approximate surface area is 243 Å². The number of hydrogen-bond acceptors (Lipinski definition) is 5. The van der Waals surface area contributed by atoms with Crippen molar-refractivity contribution in [1.29, 1.82) is 5.26 Å². The monoisotopic (exact) mass is 553 g/mol. The van der Waals surface area contributed by atoms with Gasteiger partial charge in [-0.2, -0.15) is 5.26 Å². The van der Waals surface area contributed by atoms with Crippen LogP contribution in [0.4, 0.5) is 5.69 Å². The Balaban J connectivity index is 1.31. The number of rotatable bonds is 10. The van der Waals surface area contributed by atoms with E-state index in [1.807, 2.05) is 65.6 Å². The molecule has 1 amide bonds. The van der Waals surface area contributed by atoms with E-state index in [4.69, 9.17) is 4.74 Å². The fourth-order valence-electron chi connectivity index (χ4n) is 5.99. The van der Waals surface area contributed by atoms with Gasteiger partial charge in [0, 0.05) is 29.1 Å². The minimum Gasteiger partial charge on any atom is -0.489 e. The van der Waals surface area contributed by atoms with Crippen molar-refractivity contribution in [3.63, 3.8) is 0 Å². The summed E-state index contributed by atoms with van der Waals surface area (Å²) in [6.45, 7) is 6.94. The number of likely N-dealkylation sites (tertiary alicyclic amines) is 1. The molecule has 1 saturated heterocycles. The highest BCUT2D eigenvalue weighted by molar-refractivity contribution is 8.00. The molecule has 0 aromatic heterocycles. The molecule has 6 heteroatoms. The van der Waals surface area contributed by atoms with E-state index < -0.39 is 5.25 Å². The van der Waals surface area contributed by atoms with E-state index in [1.165, 1.54) is 19.3 Å². The first-order valence-electron chi connectivity index (χ1n) is 14.6. The van der Waals surface area contributed by atoms with Crippen LogP contribution >= 0.6 is 11.8 Å². The molecule has 5 nitrogen and oxygen atoms in total. The molecule has 2 aliphatic rings. The number of thioether (sulfide) groups is 1. The molecule has 0 N–H and O–H groups in total. The van der Waals surface area contributed by atoms with Crippen LogP contribution < -0.4 is 9.64 Å². The fraction of sp³-hybridized carbons (Fsp3) is 0.412. The van der Waals surface area contributed by atoms with Crippen LogP contribution in [0.1, 0.15) is 74.3 Å². The Kier molecular flexibility index (Phi) is 9.46. The maximum absolute atomic E-state index is 14.1. The van der Waals surface area contributed by atoms with E-state index in [9.17, 15) is 10.1 Å². The van der Waals surface area contributed by atoms with Gasteiger partial charge in [0.1, 0.15) is 17.6 Å². The van der Waals surface area contributed by atoms with Crippen molar-refractivity contribution in [2.75, 3.05) is 18.0 Å². The summed E-state index contributed by atoms with van der Waals surface area (Å²) < 4.78 is 6.24. The predicted molar refractivity (Wildman–Crippen MR) is 163 cm³/mol. The first-order chi connectivity index (χ1) is 19.5. The number of unbranched alkanes of at least 4 members (excludes halogenated alkanes) is 2. The number of nitriles is 1. The van der Waals surface area contributed by atoms with Crippen molar-refractivity contribution in [2.24, 2.45) is 0 Å². The van der Waals surface area contributed by atoms with Crippen LogP contribution in [0.15, 0.2) is 77.7 Å². The lowest BCUT2D eigenvalue weighted by Crippen LogP contribution is -2.44. The molecule has 2 heterocycles. The number of carbonyl (C=O) groups excluding carboxylic acids is 1. The maximum atomic E-state index is 14.1. The number of piperidine rings is 1. The molecule has 0 radical (unpaired) electrons. The molecular weight excluding hydrogens is 514 g/mol. The van der Waals surface area contributed by atoms with Crippen LogP contribution in [0.3, 0.4) is 0 Å². The van der Waals surface area contributed by atoms with Crippen molar-refractivity contribution >= 4 is 23.4 Å². The summed E-state index contributed by atoms with van der Waals surface area (Å²) in [5, 5.41) is 9.16. The molecule has 2 aliphatic heterocycles. The highest BCUT2D eigenvalue weighted by Gasteiger charge is 2.36. The van der Waals surface area contributed by atoms with Gasteiger partial charge in [-0.1, -0.05) is 55.3 Å². The summed E-state index contributed by atoms with van der Waals surface area (Å²) in [6, 6.07) is 27.2. The number of nitrogens with zero attached hydrogens (tertiary/aromatic N) is 3. The third-order valence-corrected chi connectivity index (χ3v) is 9.51. The van der Waals surface area contributed by atoms with Gasteiger partial charge in [-0.3, -0.25) is 9.69 Å². The molecule has 0 saturated carbocycles. The predicted octanol–water partition coefficient (Wildman–Crippen LogP) is 7.75. The highest BCUT2D eigenvalue weighted by atomic mass is 32.2. The quantitative estimate of drug-likeness (QED) is 0.240. The summed E-state index contributed by atoms with van der Waals surface area (Å²) in [4.78, 5) is 19.8. The largest absolute Gasteiger partial charge is 0.489 e. The van der Waals surface area contributed by atoms with E-state index in [-0.39, 0.29) is 5.91 Å². The van der Waals surface area contributed by atoms with Crippen LogP contribution in [0.25, 0.3) is 0 Å². The van der Waals surface area contributed by atoms with Crippen LogP contribution in [0.2, 0.25) is 0 Å². The van der Waals surface area contributed by atoms with E-state index >= 15 is 0 Å². The zero-order valence-electron chi connectivity index (χ0n) is 23.6. The summed E-state index contributed by atoms with van der Waals surface area (Å²) in [6.07, 6.45) is 7.14. The van der Waals surface area contributed by atoms with Crippen molar-refractivity contribution in [2.45, 2.75) is 81.2 Å². The molecule has 1 unspecified atom stereocenters. The van der Waals surface area contributed by atoms with Gasteiger partial charge in [-0.05, 0) is 82.0 Å². The summed E-state index contributed by atoms with van der Waals surface area (Å²) in [5.41, 5.74) is 3.33. The number of hydrogen-bond donors (Lipinski definition) is 0. The lowest BCUT2D eigenvalue weighted by Gasteiger charge is -2.39. The first kappa shape index (κ1) is 28.3. The molecule has 3 atom stereocenters. The molecule has 0 aliphatic carbocycles. The second-order valence-corrected chi connectivity index (χ2v) is 12.2. The van der Waals surface area contributed by atoms with E-state index in [0.717, 1.165) is 47.5 Å². The first-order valence-corrected chi connectivity index (χ1v) is 15.5. The van der Waals surface area contributed by atoms with Crippen molar-refractivity contribution in [3.8, 4) is 11.8 Å². The van der Waals surface area contributed by atoms with Crippen LogP contribution in [-0.4, -0.2) is 36.0 Å². The zero-order valence-corrected chi connectivity index (χ0v) is 24.4. The Bertz CT molecular complexity index is 1330. The molecule has 3 aromatic rings. The molecule has 0 bridgehead atoms. The minimum atomic E-state index is -0.468. The number of amides is 1. The van der Waals surface area contributed by atoms with E-state index in [0.29, 0.717) is 36.5 Å². The second kappa shape index (κ2) is 13.4. The summed E-state index contributed by atoms with van der Waals surface area (Å²) in [5.74, 6) is 0.708. The van der Waals surface area contributed by atoms with Gasteiger partial charge in [-0.15, -0.1) is 11.8 Å². The van der Waals surface area contributed by atoms with Crippen LogP contribution in [0.5, 0.6) is 5.75 Å². The van der Waals surface area contributed by atoms with Gasteiger partial charge < -0.3 is 9.64 Å². The Hall–Kier alpha value is -3.27. The molecular formula is C34H39N3O2S. The minimum absolute atomic E-state index is 0.0571. The number of fused-ring (bicyclic) bond motifs is 1. The Morgan fingerprint density at radius 1 is 0.925 bits per heavy atom. The lowest BCUT2D eigenvalue weighted by atomic mass is 9.97. The Morgan fingerprint density at radius 3 is 2.42 bits per heavy atom. The average Bonchev–Trinajstić information content (AvgIpc) is 2.98. The van der Waals surface area contributed by atoms with Crippen molar-refractivity contribution in [1.82, 2.24) is 4.90 Å². The molecule has 40 heavy (non-hydrogen) atoms. The number of ether oxygens (including phenoxy) is 1. The maximum Gasteiger partial charge on any atom is 0.245 e. The number of benzene rings is 3. The topological polar surface area (TPSA) is 56.6 Å². The van der Waals surface area contributed by atoms with E-state index in [2.05, 4.69) is 30.9 Å². The second-order valence-electron chi connectivity index (χ2n) is 11.0. The fourth-order valence-corrected chi connectivity index (χ4v) is 7.24. The molecule has 0 spiro atoms. The smallest absolute Gasteiger partial charge is 0.245 e. The number of carbonyl (C=O) groups is 1. The van der Waals surface area contributed by atoms with Gasteiger partial charge in [0.05, 0.1) is 17.3 Å². The molecule has 3 aromatic carbocycles. The summed E-state index contributed by atoms with van der Waals surface area (Å²) >= 11 is 1.55. The standard InChI is InChI=1S/C34H39N3O2S/c1-25-12-11-13-26(2)36(25)20-9-4-10-21-37-30-16-7-8-17-32(30)40-33(34(37)38)29-22-28(23-35)18-19-31(29)39-24-27-14-5-3-6-15-27/h3,5-8,14-19,22,25-26,33H,4,9-13,20-21,24H2,1-2H3/t25-,26+,33?. The molecule has 1 fully saturated rings. The average molecular weight is 554 g/mol. The van der Waals surface area contributed by atoms with Gasteiger partial charge in [0.15, 0.2) is 0 Å². The van der Waals surface area contributed by atoms with Gasteiger partial charge >= 0.3 is 0 Å². The van der Waals surface area contributed by atoms with Crippen molar-refractivity contribution < 1.29 is 9.53 Å². The third kappa shape index (κ3) is 6.54. The lowest BCUT2D eigenvalue weighted by molar-refractivity contribution is -0.118. The molecule has 5 rings (SSSR count). The van der Waals surface area contributed by atoms with Crippen LogP contribution in [0, 0.1) is 11.3 Å². The van der Waals surface area contributed by atoms with Gasteiger partial charge in [-0.25, -0.2) is 0 Å². The normalized spacial score (nSPS) is 21.1. The zero-order chi connectivity index (χ0) is 27.9. The molecule has 208 valence electrons. The van der Waals surface area contributed by atoms with Gasteiger partial charge in [0.2, 0.25) is 5.91 Å². The van der Waals surface area contributed by atoms with Crippen LogP contribution in [-0.2, 0) is 11.4 Å². The SMILES string of the molecule is C[C@@H]1CCC[C@H](C)N1CCCCCN1C(=O)C(c2cc(C#N)ccc2OCc2ccccc2)Sc2ccccc21. The van der Waals surface area contributed by atoms with Gasteiger partial charge in [0.25, 0.3) is 0 Å². The number of para-hydroxylation sites is 1. The third-order valence-electron chi connectivity index (χ3n) is 8.22. The van der Waals surface area contributed by atoms with E-state index in [1.54, 1.807) is 17.8 Å².